The molecule has 4 rings (SSSR count). The Morgan fingerprint density at radius 1 is 1.12 bits per heavy atom. The molecule has 2 aliphatic carbocycles. The van der Waals surface area contributed by atoms with Crippen LogP contribution in [0.1, 0.15) is 56.6 Å². The Morgan fingerprint density at radius 3 is 2.52 bits per heavy atom. The Balaban J connectivity index is 0.00000182. The molecule has 3 nitrogen and oxygen atoms in total. The van der Waals surface area contributed by atoms with Crippen molar-refractivity contribution in [3.63, 3.8) is 0 Å². The zero-order chi connectivity index (χ0) is 16.7. The van der Waals surface area contributed by atoms with Crippen LogP contribution in [-0.2, 0) is 4.79 Å². The van der Waals surface area contributed by atoms with Crippen LogP contribution in [0.3, 0.4) is 0 Å². The number of amides is 1. The van der Waals surface area contributed by atoms with Gasteiger partial charge < -0.3 is 10.6 Å². The monoisotopic (exact) mass is 382 g/mol. The molecule has 0 aromatic heterocycles. The highest BCUT2D eigenvalue weighted by molar-refractivity contribution is 6.30. The van der Waals surface area contributed by atoms with E-state index < -0.39 is 0 Å². The molecule has 3 fully saturated rings. The van der Waals surface area contributed by atoms with Crippen LogP contribution < -0.4 is 5.73 Å². The van der Waals surface area contributed by atoms with Gasteiger partial charge in [-0.3, -0.25) is 4.79 Å². The van der Waals surface area contributed by atoms with Crippen LogP contribution in [0.4, 0.5) is 0 Å². The highest BCUT2D eigenvalue weighted by Crippen LogP contribution is 2.44. The quantitative estimate of drug-likeness (QED) is 0.813. The summed E-state index contributed by atoms with van der Waals surface area (Å²) in [5, 5.41) is 0.755. The number of halogens is 2. The predicted octanol–water partition coefficient (Wildman–Crippen LogP) is 4.58. The summed E-state index contributed by atoms with van der Waals surface area (Å²) in [5.74, 6) is 1.65. The second-order valence-corrected chi connectivity index (χ2v) is 8.38. The standard InChI is InChI=1S/C20H27ClN2O.ClH/c21-17-7-2-4-13(12-17)18-8-3-9-23(18)20(24)16-10-14-5-1-6-15(11-16)19(14)22;/h2,4,7,12,14-16,18-19H,1,3,5-6,8-11,22H2;1H. The number of nitrogens with zero attached hydrogens (tertiary/aromatic N) is 1. The lowest BCUT2D eigenvalue weighted by atomic mass is 9.65. The van der Waals surface area contributed by atoms with Crippen LogP contribution in [-0.4, -0.2) is 23.4 Å². The molecule has 1 amide bonds. The van der Waals surface area contributed by atoms with E-state index in [0.29, 0.717) is 23.8 Å². The fourth-order valence-electron chi connectivity index (χ4n) is 5.32. The van der Waals surface area contributed by atoms with Crippen LogP contribution in [0.5, 0.6) is 0 Å². The summed E-state index contributed by atoms with van der Waals surface area (Å²) in [7, 11) is 0. The molecule has 2 N–H and O–H groups in total. The minimum absolute atomic E-state index is 0. The van der Waals surface area contributed by atoms with E-state index in [4.69, 9.17) is 17.3 Å². The molecule has 138 valence electrons. The van der Waals surface area contributed by atoms with Crippen LogP contribution in [0, 0.1) is 17.8 Å². The zero-order valence-electron chi connectivity index (χ0n) is 14.6. The van der Waals surface area contributed by atoms with Crippen molar-refractivity contribution in [2.75, 3.05) is 6.54 Å². The Morgan fingerprint density at radius 2 is 1.84 bits per heavy atom. The highest BCUT2D eigenvalue weighted by atomic mass is 35.5. The molecule has 1 aromatic rings. The van der Waals surface area contributed by atoms with E-state index in [9.17, 15) is 4.79 Å². The number of carbonyl (C=O) groups excluding carboxylic acids is 1. The van der Waals surface area contributed by atoms with E-state index >= 15 is 0 Å². The van der Waals surface area contributed by atoms with Crippen molar-refractivity contribution in [1.82, 2.24) is 4.90 Å². The largest absolute Gasteiger partial charge is 0.335 e. The van der Waals surface area contributed by atoms with Crippen LogP contribution in [0.2, 0.25) is 5.02 Å². The molecule has 5 heteroatoms. The summed E-state index contributed by atoms with van der Waals surface area (Å²) < 4.78 is 0. The SMILES string of the molecule is Cl.NC1C2CCCC1CC(C(=O)N1CCCC1c1cccc(Cl)c1)C2. The Bertz CT molecular complexity index is 609. The van der Waals surface area contributed by atoms with Gasteiger partial charge in [-0.15, -0.1) is 12.4 Å². The van der Waals surface area contributed by atoms with Crippen LogP contribution in [0.25, 0.3) is 0 Å². The normalized spacial score (nSPS) is 34.5. The molecule has 1 aromatic carbocycles. The van der Waals surface area contributed by atoms with Gasteiger partial charge in [0.15, 0.2) is 0 Å². The molecule has 2 bridgehead atoms. The van der Waals surface area contributed by atoms with E-state index in [2.05, 4.69) is 11.0 Å². The molecule has 3 atom stereocenters. The maximum atomic E-state index is 13.3. The van der Waals surface area contributed by atoms with Crippen LogP contribution >= 0.6 is 24.0 Å². The number of hydrogen-bond donors (Lipinski definition) is 1. The maximum Gasteiger partial charge on any atom is 0.226 e. The number of hydrogen-bond acceptors (Lipinski definition) is 2. The number of fused-ring (bicyclic) bond motifs is 2. The van der Waals surface area contributed by atoms with Crippen molar-refractivity contribution in [1.29, 1.82) is 0 Å². The Kier molecular flexibility index (Phi) is 5.97. The Labute approximate surface area is 161 Å². The molecule has 3 aliphatic rings. The van der Waals surface area contributed by atoms with Gasteiger partial charge in [-0.25, -0.2) is 0 Å². The lowest BCUT2D eigenvalue weighted by Gasteiger charge is -2.44. The molecule has 0 radical (unpaired) electrons. The van der Waals surface area contributed by atoms with Gasteiger partial charge in [-0.2, -0.15) is 0 Å². The van der Waals surface area contributed by atoms with E-state index in [-0.39, 0.29) is 24.4 Å². The average molecular weight is 383 g/mol. The first-order valence-corrected chi connectivity index (χ1v) is 9.83. The van der Waals surface area contributed by atoms with Crippen molar-refractivity contribution in [2.45, 2.75) is 57.0 Å². The van der Waals surface area contributed by atoms with Crippen molar-refractivity contribution >= 4 is 29.9 Å². The summed E-state index contributed by atoms with van der Waals surface area (Å²) in [6.45, 7) is 0.883. The Hall–Kier alpha value is -0.770. The molecular weight excluding hydrogens is 355 g/mol. The molecule has 1 saturated heterocycles. The molecule has 0 spiro atoms. The fourth-order valence-corrected chi connectivity index (χ4v) is 5.51. The summed E-state index contributed by atoms with van der Waals surface area (Å²) in [5.41, 5.74) is 7.58. The van der Waals surface area contributed by atoms with Crippen molar-refractivity contribution in [3.05, 3.63) is 34.9 Å². The first-order chi connectivity index (χ1) is 11.6. The lowest BCUT2D eigenvalue weighted by molar-refractivity contribution is -0.139. The van der Waals surface area contributed by atoms with E-state index in [1.807, 2.05) is 18.2 Å². The van der Waals surface area contributed by atoms with Crippen LogP contribution in [0.15, 0.2) is 24.3 Å². The molecule has 1 aliphatic heterocycles. The first-order valence-electron chi connectivity index (χ1n) is 9.45. The van der Waals surface area contributed by atoms with E-state index in [1.54, 1.807) is 0 Å². The molecule has 1 heterocycles. The number of rotatable bonds is 2. The fraction of sp³-hybridized carbons (Fsp3) is 0.650. The van der Waals surface area contributed by atoms with Gasteiger partial charge in [0.2, 0.25) is 5.91 Å². The summed E-state index contributed by atoms with van der Waals surface area (Å²) in [6.07, 6.45) is 7.83. The van der Waals surface area contributed by atoms with Gasteiger partial charge in [0.1, 0.15) is 0 Å². The molecule has 3 unspecified atom stereocenters. The second kappa shape index (κ2) is 7.85. The topological polar surface area (TPSA) is 46.3 Å². The van der Waals surface area contributed by atoms with Crippen molar-refractivity contribution < 1.29 is 4.79 Å². The van der Waals surface area contributed by atoms with Crippen molar-refractivity contribution in [2.24, 2.45) is 23.5 Å². The van der Waals surface area contributed by atoms with Gasteiger partial charge in [0, 0.05) is 23.5 Å². The van der Waals surface area contributed by atoms with Gasteiger partial charge in [-0.1, -0.05) is 30.2 Å². The summed E-state index contributed by atoms with van der Waals surface area (Å²) >= 11 is 6.16. The first kappa shape index (κ1) is 19.0. The van der Waals surface area contributed by atoms with Gasteiger partial charge in [-0.05, 0) is 68.1 Å². The summed E-state index contributed by atoms with van der Waals surface area (Å²) in [6, 6.07) is 8.53. The van der Waals surface area contributed by atoms with E-state index in [0.717, 1.165) is 37.3 Å². The molecule has 25 heavy (non-hydrogen) atoms. The van der Waals surface area contributed by atoms with Crippen molar-refractivity contribution in [3.8, 4) is 0 Å². The molecular formula is C20H28Cl2N2O. The smallest absolute Gasteiger partial charge is 0.226 e. The predicted molar refractivity (Wildman–Crippen MR) is 104 cm³/mol. The van der Waals surface area contributed by atoms with Gasteiger partial charge in [0.25, 0.3) is 0 Å². The third-order valence-corrected chi connectivity index (χ3v) is 6.77. The molecule has 2 saturated carbocycles. The maximum absolute atomic E-state index is 13.3. The van der Waals surface area contributed by atoms with Gasteiger partial charge in [0.05, 0.1) is 6.04 Å². The number of benzene rings is 1. The average Bonchev–Trinajstić information content (AvgIpc) is 3.03. The van der Waals surface area contributed by atoms with Gasteiger partial charge >= 0.3 is 0 Å². The number of carbonyl (C=O) groups is 1. The second-order valence-electron chi connectivity index (χ2n) is 7.94. The summed E-state index contributed by atoms with van der Waals surface area (Å²) in [4.78, 5) is 15.4. The minimum atomic E-state index is 0. The lowest BCUT2D eigenvalue weighted by Crippen LogP contribution is -2.49. The number of likely N-dealkylation sites (tertiary alicyclic amines) is 1. The van der Waals surface area contributed by atoms with E-state index in [1.165, 1.54) is 24.8 Å². The third kappa shape index (κ3) is 3.70. The zero-order valence-corrected chi connectivity index (χ0v) is 16.1. The number of nitrogens with two attached hydrogens (primary N) is 1. The minimum Gasteiger partial charge on any atom is -0.335 e. The highest BCUT2D eigenvalue weighted by Gasteiger charge is 2.43. The third-order valence-electron chi connectivity index (χ3n) is 6.53.